The third-order valence-electron chi connectivity index (χ3n) is 5.24. The Labute approximate surface area is 176 Å². The highest BCUT2D eigenvalue weighted by Crippen LogP contribution is 2.23. The van der Waals surface area contributed by atoms with E-state index in [-0.39, 0.29) is 31.1 Å². The number of hydrogen-bond acceptors (Lipinski definition) is 6. The maximum absolute atomic E-state index is 11.7. The summed E-state index contributed by atoms with van der Waals surface area (Å²) in [5, 5.41) is 9.04. The van der Waals surface area contributed by atoms with Crippen molar-refractivity contribution in [3.8, 4) is 5.75 Å². The van der Waals surface area contributed by atoms with Gasteiger partial charge in [0.05, 0.1) is 32.9 Å². The van der Waals surface area contributed by atoms with Crippen LogP contribution in [0.4, 0.5) is 4.79 Å². The van der Waals surface area contributed by atoms with Crippen molar-refractivity contribution < 1.29 is 19.1 Å². The largest absolute Gasteiger partial charge is 0.497 e. The molecule has 0 bridgehead atoms. The quantitative estimate of drug-likeness (QED) is 0.305. The second-order valence-electron chi connectivity index (χ2n) is 7.02. The molecule has 3 rings (SSSR count). The number of carbonyl (C=O) groups excluding carboxylic acids is 2. The Bertz CT molecular complexity index is 732. The van der Waals surface area contributed by atoms with Crippen LogP contribution in [-0.2, 0) is 9.53 Å². The Hall–Kier alpha value is -2.85. The van der Waals surface area contributed by atoms with E-state index < -0.39 is 0 Å². The molecule has 0 aromatic heterocycles. The number of methoxy groups -OCH3 is 1. The Balaban J connectivity index is 1.57. The summed E-state index contributed by atoms with van der Waals surface area (Å²) in [5.41, 5.74) is 1.18. The summed E-state index contributed by atoms with van der Waals surface area (Å²) >= 11 is 0. The summed E-state index contributed by atoms with van der Waals surface area (Å²) in [6.07, 6.45) is 0. The van der Waals surface area contributed by atoms with E-state index in [0.29, 0.717) is 32.3 Å². The van der Waals surface area contributed by atoms with Gasteiger partial charge >= 0.3 is 6.03 Å². The highest BCUT2D eigenvalue weighted by atomic mass is 16.5. The van der Waals surface area contributed by atoms with Gasteiger partial charge in [0, 0.05) is 39.8 Å². The molecule has 2 aliphatic rings. The number of imide groups is 1. The van der Waals surface area contributed by atoms with Gasteiger partial charge in [-0.25, -0.2) is 4.79 Å². The first-order valence-electron chi connectivity index (χ1n) is 10.1. The lowest BCUT2D eigenvalue weighted by atomic mass is 10.0. The predicted molar refractivity (Wildman–Crippen MR) is 113 cm³/mol. The standard InChI is InChI=1S/C20H30N6O4/c1-21-19(22-7-8-26-18(27)14-24-20(26)28)23-13-17(25-9-11-30-12-10-25)15-3-5-16(29-2)6-4-15/h3-6,17H,7-14H2,1-2H3,(H,24,28)(H2,21,22,23). The molecule has 0 radical (unpaired) electrons. The first-order valence-corrected chi connectivity index (χ1v) is 10.1. The number of rotatable bonds is 8. The number of carbonyl (C=O) groups is 2. The predicted octanol–water partition coefficient (Wildman–Crippen LogP) is -0.215. The topological polar surface area (TPSA) is 108 Å². The molecule has 1 aromatic rings. The van der Waals surface area contributed by atoms with Crippen LogP contribution >= 0.6 is 0 Å². The van der Waals surface area contributed by atoms with Crippen LogP contribution in [0, 0.1) is 0 Å². The van der Waals surface area contributed by atoms with Crippen LogP contribution in [0.3, 0.4) is 0 Å². The number of guanidine groups is 1. The van der Waals surface area contributed by atoms with Gasteiger partial charge in [-0.3, -0.25) is 19.6 Å². The zero-order valence-corrected chi connectivity index (χ0v) is 17.5. The van der Waals surface area contributed by atoms with Gasteiger partial charge in [-0.1, -0.05) is 12.1 Å². The number of urea groups is 1. The number of ether oxygens (including phenoxy) is 2. The molecule has 0 spiro atoms. The van der Waals surface area contributed by atoms with Gasteiger partial charge < -0.3 is 25.4 Å². The summed E-state index contributed by atoms with van der Waals surface area (Å²) in [6, 6.07) is 7.88. The van der Waals surface area contributed by atoms with E-state index in [0.717, 1.165) is 18.8 Å². The molecule has 164 valence electrons. The number of aliphatic imine (C=N–C) groups is 1. The first kappa shape index (κ1) is 21.8. The fraction of sp³-hybridized carbons (Fsp3) is 0.550. The summed E-state index contributed by atoms with van der Waals surface area (Å²) in [7, 11) is 3.35. The molecule has 2 fully saturated rings. The average Bonchev–Trinajstić information content (AvgIpc) is 3.11. The Kier molecular flexibility index (Phi) is 7.86. The van der Waals surface area contributed by atoms with Crippen LogP contribution in [0.5, 0.6) is 5.75 Å². The molecule has 3 N–H and O–H groups in total. The van der Waals surface area contributed by atoms with Crippen LogP contribution in [0.1, 0.15) is 11.6 Å². The van der Waals surface area contributed by atoms with Gasteiger partial charge in [-0.2, -0.15) is 0 Å². The van der Waals surface area contributed by atoms with E-state index in [2.05, 4.69) is 38.0 Å². The van der Waals surface area contributed by atoms with Crippen LogP contribution in [0.2, 0.25) is 0 Å². The van der Waals surface area contributed by atoms with Gasteiger partial charge in [0.1, 0.15) is 5.75 Å². The molecule has 1 atom stereocenters. The summed E-state index contributed by atoms with van der Waals surface area (Å²) in [5.74, 6) is 1.23. The molecular weight excluding hydrogens is 388 g/mol. The van der Waals surface area contributed by atoms with Gasteiger partial charge in [0.2, 0.25) is 5.91 Å². The molecular formula is C20H30N6O4. The molecule has 0 saturated carbocycles. The maximum atomic E-state index is 11.7. The average molecular weight is 418 g/mol. The van der Waals surface area contributed by atoms with E-state index >= 15 is 0 Å². The summed E-state index contributed by atoms with van der Waals surface area (Å²) < 4.78 is 10.8. The lowest BCUT2D eigenvalue weighted by molar-refractivity contribution is -0.124. The van der Waals surface area contributed by atoms with Crippen LogP contribution in [0.15, 0.2) is 29.3 Å². The van der Waals surface area contributed by atoms with Crippen molar-refractivity contribution in [2.75, 3.05) is 66.6 Å². The number of benzene rings is 1. The van der Waals surface area contributed by atoms with E-state index in [1.165, 1.54) is 10.5 Å². The van der Waals surface area contributed by atoms with Crippen molar-refractivity contribution in [3.05, 3.63) is 29.8 Å². The molecule has 2 aliphatic heterocycles. The van der Waals surface area contributed by atoms with Gasteiger partial charge in [0.15, 0.2) is 5.96 Å². The minimum Gasteiger partial charge on any atom is -0.497 e. The van der Waals surface area contributed by atoms with E-state index in [1.807, 2.05) is 12.1 Å². The van der Waals surface area contributed by atoms with Gasteiger partial charge in [-0.15, -0.1) is 0 Å². The van der Waals surface area contributed by atoms with Gasteiger partial charge in [-0.05, 0) is 17.7 Å². The number of amides is 3. The third kappa shape index (κ3) is 5.61. The summed E-state index contributed by atoms with van der Waals surface area (Å²) in [6.45, 7) is 4.56. The molecule has 1 unspecified atom stereocenters. The smallest absolute Gasteiger partial charge is 0.324 e. The van der Waals surface area contributed by atoms with Crippen LogP contribution in [-0.4, -0.2) is 94.3 Å². The Morgan fingerprint density at radius 3 is 2.57 bits per heavy atom. The molecule has 2 saturated heterocycles. The molecule has 30 heavy (non-hydrogen) atoms. The molecule has 2 heterocycles. The zero-order valence-electron chi connectivity index (χ0n) is 17.5. The SMILES string of the molecule is CN=C(NCCN1C(=O)CNC1=O)NCC(c1ccc(OC)cc1)N1CCOCC1. The number of nitrogens with zero attached hydrogens (tertiary/aromatic N) is 3. The molecule has 10 heteroatoms. The Morgan fingerprint density at radius 2 is 1.97 bits per heavy atom. The van der Waals surface area contributed by atoms with Crippen molar-refractivity contribution in [1.29, 1.82) is 0 Å². The molecule has 0 aliphatic carbocycles. The summed E-state index contributed by atoms with van der Waals surface area (Å²) in [4.78, 5) is 31.1. The maximum Gasteiger partial charge on any atom is 0.324 e. The normalized spacial score (nSPS) is 18.9. The van der Waals surface area contributed by atoms with Crippen molar-refractivity contribution in [3.63, 3.8) is 0 Å². The minimum atomic E-state index is -0.350. The van der Waals surface area contributed by atoms with E-state index in [4.69, 9.17) is 9.47 Å². The minimum absolute atomic E-state index is 0.0644. The number of hydrogen-bond donors (Lipinski definition) is 3. The van der Waals surface area contributed by atoms with Crippen LogP contribution < -0.4 is 20.7 Å². The van der Waals surface area contributed by atoms with Crippen molar-refractivity contribution in [1.82, 2.24) is 25.8 Å². The van der Waals surface area contributed by atoms with E-state index in [1.54, 1.807) is 14.2 Å². The van der Waals surface area contributed by atoms with Crippen molar-refractivity contribution >= 4 is 17.9 Å². The Morgan fingerprint density at radius 1 is 1.23 bits per heavy atom. The van der Waals surface area contributed by atoms with Crippen molar-refractivity contribution in [2.45, 2.75) is 6.04 Å². The van der Waals surface area contributed by atoms with Crippen LogP contribution in [0.25, 0.3) is 0 Å². The fourth-order valence-electron chi connectivity index (χ4n) is 3.55. The van der Waals surface area contributed by atoms with E-state index in [9.17, 15) is 9.59 Å². The second-order valence-corrected chi connectivity index (χ2v) is 7.02. The third-order valence-corrected chi connectivity index (χ3v) is 5.24. The van der Waals surface area contributed by atoms with Crippen molar-refractivity contribution in [2.24, 2.45) is 4.99 Å². The lowest BCUT2D eigenvalue weighted by Gasteiger charge is -2.35. The lowest BCUT2D eigenvalue weighted by Crippen LogP contribution is -2.47. The number of morpholine rings is 1. The number of nitrogens with one attached hydrogen (secondary N) is 3. The van der Waals surface area contributed by atoms with Gasteiger partial charge in [0.25, 0.3) is 0 Å². The zero-order chi connectivity index (χ0) is 21.3. The second kappa shape index (κ2) is 10.8. The highest BCUT2D eigenvalue weighted by molar-refractivity contribution is 6.01. The highest BCUT2D eigenvalue weighted by Gasteiger charge is 2.28. The molecule has 1 aromatic carbocycles. The monoisotopic (exact) mass is 418 g/mol. The molecule has 10 nitrogen and oxygen atoms in total. The molecule has 3 amide bonds. The fourth-order valence-corrected chi connectivity index (χ4v) is 3.55. The first-order chi connectivity index (χ1) is 14.6.